The number of allylic oxidation sites excluding steroid dienone is 2. The molecule has 2 rings (SSSR count). The van der Waals surface area contributed by atoms with E-state index in [-0.39, 0.29) is 42.2 Å². The van der Waals surface area contributed by atoms with E-state index in [2.05, 4.69) is 11.9 Å². The number of nitrogens with one attached hydrogen (secondary N) is 1. The Bertz CT molecular complexity index is 1050. The van der Waals surface area contributed by atoms with Gasteiger partial charge >= 0.3 is 17.9 Å². The van der Waals surface area contributed by atoms with E-state index in [0.29, 0.717) is 17.0 Å². The van der Waals surface area contributed by atoms with E-state index in [4.69, 9.17) is 14.2 Å². The molecule has 0 aromatic heterocycles. The standard InChI is InChI=1S/C23H26N2O8/c1-6-31-22(27)18-14(4)24-15(5)19(23(28)33-11-10-32-21(26)13(2)3)20(18)16-8-7-9-17(12-16)25(29)30/h7-9,12,20,24H,2,6,10-11H2,1,3-5H3. The molecule has 10 nitrogen and oxygen atoms in total. The zero-order valence-electron chi connectivity index (χ0n) is 18.9. The predicted octanol–water partition coefficient (Wildman–Crippen LogP) is 3.06. The fraction of sp³-hybridized carbons (Fsp3) is 0.348. The monoisotopic (exact) mass is 458 g/mol. The van der Waals surface area contributed by atoms with E-state index in [1.807, 2.05) is 0 Å². The van der Waals surface area contributed by atoms with Gasteiger partial charge in [0.05, 0.1) is 28.6 Å². The van der Waals surface area contributed by atoms with Crippen molar-refractivity contribution < 1.29 is 33.5 Å². The van der Waals surface area contributed by atoms with Crippen molar-refractivity contribution in [3.63, 3.8) is 0 Å². The Hall–Kier alpha value is -3.95. The summed E-state index contributed by atoms with van der Waals surface area (Å²) >= 11 is 0. The van der Waals surface area contributed by atoms with Gasteiger partial charge in [-0.25, -0.2) is 14.4 Å². The lowest BCUT2D eigenvalue weighted by Gasteiger charge is -2.30. The lowest BCUT2D eigenvalue weighted by atomic mass is 9.80. The van der Waals surface area contributed by atoms with Crippen molar-refractivity contribution in [2.75, 3.05) is 19.8 Å². The molecule has 10 heteroatoms. The van der Waals surface area contributed by atoms with Gasteiger partial charge in [0.2, 0.25) is 0 Å². The molecule has 0 amide bonds. The van der Waals surface area contributed by atoms with Crippen LogP contribution in [0, 0.1) is 10.1 Å². The summed E-state index contributed by atoms with van der Waals surface area (Å²) in [7, 11) is 0. The molecular weight excluding hydrogens is 432 g/mol. The fourth-order valence-corrected chi connectivity index (χ4v) is 3.36. The number of hydrogen-bond acceptors (Lipinski definition) is 9. The number of rotatable bonds is 9. The third-order valence-corrected chi connectivity index (χ3v) is 4.79. The van der Waals surface area contributed by atoms with Crippen LogP contribution < -0.4 is 5.32 Å². The van der Waals surface area contributed by atoms with Gasteiger partial charge in [-0.3, -0.25) is 10.1 Å². The van der Waals surface area contributed by atoms with Crippen LogP contribution in [0.15, 0.2) is 59.0 Å². The third kappa shape index (κ3) is 6.06. The van der Waals surface area contributed by atoms with Crippen LogP contribution in [0.25, 0.3) is 0 Å². The first-order valence-corrected chi connectivity index (χ1v) is 10.2. The highest BCUT2D eigenvalue weighted by Gasteiger charge is 2.38. The highest BCUT2D eigenvalue weighted by molar-refractivity contribution is 6.00. The Morgan fingerprint density at radius 1 is 1.06 bits per heavy atom. The maximum Gasteiger partial charge on any atom is 0.336 e. The van der Waals surface area contributed by atoms with Crippen molar-refractivity contribution in [2.45, 2.75) is 33.6 Å². The molecule has 1 aromatic carbocycles. The predicted molar refractivity (Wildman–Crippen MR) is 118 cm³/mol. The summed E-state index contributed by atoms with van der Waals surface area (Å²) < 4.78 is 15.4. The topological polar surface area (TPSA) is 134 Å². The quantitative estimate of drug-likeness (QED) is 0.148. The first-order valence-electron chi connectivity index (χ1n) is 10.2. The highest BCUT2D eigenvalue weighted by Crippen LogP contribution is 2.40. The normalized spacial score (nSPS) is 15.5. The second kappa shape index (κ2) is 11.1. The van der Waals surface area contributed by atoms with E-state index in [1.165, 1.54) is 25.1 Å². The van der Waals surface area contributed by atoms with Crippen LogP contribution in [0.3, 0.4) is 0 Å². The average Bonchev–Trinajstić information content (AvgIpc) is 2.75. The molecule has 33 heavy (non-hydrogen) atoms. The fourth-order valence-electron chi connectivity index (χ4n) is 3.36. The number of hydrogen-bond donors (Lipinski definition) is 1. The van der Waals surface area contributed by atoms with Crippen molar-refractivity contribution in [3.8, 4) is 0 Å². The van der Waals surface area contributed by atoms with Crippen LogP contribution in [0.4, 0.5) is 5.69 Å². The molecule has 1 aromatic rings. The van der Waals surface area contributed by atoms with Gasteiger partial charge in [0.25, 0.3) is 5.69 Å². The van der Waals surface area contributed by atoms with Crippen LogP contribution in [0.5, 0.6) is 0 Å². The molecule has 176 valence electrons. The molecule has 0 bridgehead atoms. The van der Waals surface area contributed by atoms with Crippen LogP contribution in [0.2, 0.25) is 0 Å². The van der Waals surface area contributed by atoms with E-state index >= 15 is 0 Å². The number of non-ortho nitro benzene ring substituents is 1. The molecule has 1 unspecified atom stereocenters. The van der Waals surface area contributed by atoms with Crippen molar-refractivity contribution in [1.82, 2.24) is 5.32 Å². The van der Waals surface area contributed by atoms with Gasteiger partial charge in [-0.2, -0.15) is 0 Å². The lowest BCUT2D eigenvalue weighted by Crippen LogP contribution is -2.33. The summed E-state index contributed by atoms with van der Waals surface area (Å²) in [5.41, 5.74) is 1.48. The smallest absolute Gasteiger partial charge is 0.336 e. The Labute approximate surface area is 191 Å². The zero-order valence-corrected chi connectivity index (χ0v) is 18.9. The Morgan fingerprint density at radius 2 is 1.64 bits per heavy atom. The number of dihydropyridines is 1. The first-order chi connectivity index (χ1) is 15.6. The maximum absolute atomic E-state index is 13.0. The Kier molecular flexibility index (Phi) is 8.49. The minimum atomic E-state index is -0.962. The van der Waals surface area contributed by atoms with Gasteiger partial charge in [0.1, 0.15) is 13.2 Å². The van der Waals surface area contributed by atoms with Crippen LogP contribution in [0.1, 0.15) is 39.2 Å². The summed E-state index contributed by atoms with van der Waals surface area (Å²) in [5.74, 6) is -3.00. The summed E-state index contributed by atoms with van der Waals surface area (Å²) in [6.07, 6.45) is 0. The van der Waals surface area contributed by atoms with Gasteiger partial charge < -0.3 is 19.5 Å². The molecule has 1 aliphatic heterocycles. The molecule has 1 N–H and O–H groups in total. The molecular formula is C23H26N2O8. The van der Waals surface area contributed by atoms with Crippen molar-refractivity contribution in [2.24, 2.45) is 0 Å². The van der Waals surface area contributed by atoms with Gasteiger partial charge in [-0.1, -0.05) is 18.7 Å². The third-order valence-electron chi connectivity index (χ3n) is 4.79. The minimum absolute atomic E-state index is 0.0929. The van der Waals surface area contributed by atoms with Crippen molar-refractivity contribution in [3.05, 3.63) is 74.6 Å². The lowest BCUT2D eigenvalue weighted by molar-refractivity contribution is -0.384. The number of nitro groups is 1. The molecule has 0 radical (unpaired) electrons. The summed E-state index contributed by atoms with van der Waals surface area (Å²) in [6.45, 7) is 9.59. The summed E-state index contributed by atoms with van der Waals surface area (Å²) in [6, 6.07) is 5.68. The number of benzene rings is 1. The number of carbonyl (C=O) groups excluding carboxylic acids is 3. The van der Waals surface area contributed by atoms with Crippen LogP contribution in [-0.2, 0) is 28.6 Å². The second-order valence-corrected chi connectivity index (χ2v) is 7.26. The van der Waals surface area contributed by atoms with Gasteiger partial charge in [-0.05, 0) is 33.3 Å². The highest BCUT2D eigenvalue weighted by atomic mass is 16.6. The molecule has 1 aliphatic rings. The first kappa shape index (κ1) is 25.3. The number of ether oxygens (including phenoxy) is 3. The molecule has 0 aliphatic carbocycles. The van der Waals surface area contributed by atoms with E-state index in [1.54, 1.807) is 26.8 Å². The van der Waals surface area contributed by atoms with Crippen molar-refractivity contribution >= 4 is 23.6 Å². The number of esters is 3. The molecule has 0 saturated carbocycles. The van der Waals surface area contributed by atoms with Crippen LogP contribution in [-0.4, -0.2) is 42.7 Å². The minimum Gasteiger partial charge on any atom is -0.463 e. The van der Waals surface area contributed by atoms with Crippen molar-refractivity contribution in [1.29, 1.82) is 0 Å². The second-order valence-electron chi connectivity index (χ2n) is 7.26. The maximum atomic E-state index is 13.0. The van der Waals surface area contributed by atoms with Crippen LogP contribution >= 0.6 is 0 Å². The van der Waals surface area contributed by atoms with Gasteiger partial charge in [-0.15, -0.1) is 0 Å². The summed E-state index contributed by atoms with van der Waals surface area (Å²) in [4.78, 5) is 48.1. The molecule has 1 atom stereocenters. The number of nitrogens with zero attached hydrogens (tertiary/aromatic N) is 1. The SMILES string of the molecule is C=C(C)C(=O)OCCOC(=O)C1=C(C)NC(C)=C(C(=O)OCC)C1c1cccc([N+](=O)[O-])c1. The zero-order chi connectivity index (χ0) is 24.7. The Balaban J connectivity index is 2.42. The molecule has 0 saturated heterocycles. The molecule has 1 heterocycles. The van der Waals surface area contributed by atoms with Gasteiger partial charge in [0.15, 0.2) is 0 Å². The Morgan fingerprint density at radius 3 is 2.18 bits per heavy atom. The van der Waals surface area contributed by atoms with Gasteiger partial charge in [0, 0.05) is 29.1 Å². The van der Waals surface area contributed by atoms with E-state index in [9.17, 15) is 24.5 Å². The molecule has 0 fully saturated rings. The van der Waals surface area contributed by atoms with E-state index in [0.717, 1.165) is 0 Å². The average molecular weight is 458 g/mol. The summed E-state index contributed by atoms with van der Waals surface area (Å²) in [5, 5.41) is 14.3. The van der Waals surface area contributed by atoms with E-state index < -0.39 is 28.7 Å². The largest absolute Gasteiger partial charge is 0.463 e. The number of carbonyl (C=O) groups is 3. The number of nitro benzene ring substituents is 1. The molecule has 0 spiro atoms.